The number of hydrogen-bond donors (Lipinski definition) is 2. The first-order valence-corrected chi connectivity index (χ1v) is 9.90. The Labute approximate surface area is 184 Å². The van der Waals surface area contributed by atoms with Gasteiger partial charge in [0.2, 0.25) is 0 Å². The number of nitriles is 1. The number of anilines is 1. The van der Waals surface area contributed by atoms with Crippen LogP contribution in [0.4, 0.5) is 5.69 Å². The van der Waals surface area contributed by atoms with Crippen LogP contribution in [0.15, 0.2) is 67.1 Å². The van der Waals surface area contributed by atoms with E-state index in [1.165, 1.54) is 6.33 Å². The maximum atomic E-state index is 12.6. The van der Waals surface area contributed by atoms with E-state index in [0.717, 1.165) is 17.1 Å². The van der Waals surface area contributed by atoms with Crippen LogP contribution in [0.1, 0.15) is 27.3 Å². The molecular formula is C23H20N8O. The number of rotatable bonds is 7. The smallest absolute Gasteiger partial charge is 0.251 e. The molecule has 0 saturated heterocycles. The van der Waals surface area contributed by atoms with Crippen LogP contribution in [-0.4, -0.2) is 30.6 Å². The van der Waals surface area contributed by atoms with Gasteiger partial charge in [0.1, 0.15) is 12.0 Å². The number of benzene rings is 2. The maximum Gasteiger partial charge on any atom is 0.251 e. The first kappa shape index (κ1) is 20.7. The Balaban J connectivity index is 1.39. The second-order valence-electron chi connectivity index (χ2n) is 7.02. The van der Waals surface area contributed by atoms with Gasteiger partial charge in [0, 0.05) is 31.0 Å². The van der Waals surface area contributed by atoms with Gasteiger partial charge in [-0.25, -0.2) is 9.97 Å². The normalized spacial score (nSPS) is 10.4. The summed E-state index contributed by atoms with van der Waals surface area (Å²) in [6, 6.07) is 18.3. The Morgan fingerprint density at radius 1 is 1.09 bits per heavy atom. The predicted molar refractivity (Wildman–Crippen MR) is 118 cm³/mol. The minimum absolute atomic E-state index is 0.194. The zero-order chi connectivity index (χ0) is 22.3. The summed E-state index contributed by atoms with van der Waals surface area (Å²) in [7, 11) is 1.87. The summed E-state index contributed by atoms with van der Waals surface area (Å²) < 4.78 is 1.86. The summed E-state index contributed by atoms with van der Waals surface area (Å²) in [5.74, 6) is 1.18. The first-order chi connectivity index (χ1) is 15.6. The highest BCUT2D eigenvalue weighted by Gasteiger charge is 2.12. The monoisotopic (exact) mass is 424 g/mol. The van der Waals surface area contributed by atoms with Gasteiger partial charge in [0.05, 0.1) is 18.2 Å². The van der Waals surface area contributed by atoms with Crippen molar-refractivity contribution in [1.29, 1.82) is 5.26 Å². The first-order valence-electron chi connectivity index (χ1n) is 9.90. The second kappa shape index (κ2) is 9.49. The van der Waals surface area contributed by atoms with Crippen molar-refractivity contribution in [2.75, 3.05) is 5.32 Å². The molecule has 0 aliphatic heterocycles. The van der Waals surface area contributed by atoms with E-state index in [4.69, 9.17) is 5.26 Å². The van der Waals surface area contributed by atoms with Crippen molar-refractivity contribution in [3.05, 3.63) is 89.6 Å². The van der Waals surface area contributed by atoms with E-state index in [2.05, 4.69) is 36.9 Å². The third-order valence-electron chi connectivity index (χ3n) is 4.86. The van der Waals surface area contributed by atoms with Gasteiger partial charge in [-0.05, 0) is 42.0 Å². The van der Waals surface area contributed by atoms with Crippen LogP contribution in [-0.2, 0) is 20.1 Å². The average Bonchev–Trinajstić information content (AvgIpc) is 3.22. The summed E-state index contributed by atoms with van der Waals surface area (Å²) in [6.07, 6.45) is 3.13. The topological polar surface area (TPSA) is 121 Å². The molecule has 0 bridgehead atoms. The zero-order valence-corrected chi connectivity index (χ0v) is 17.4. The molecule has 0 unspecified atom stereocenters. The van der Waals surface area contributed by atoms with E-state index in [1.54, 1.807) is 42.6 Å². The van der Waals surface area contributed by atoms with Crippen LogP contribution in [0.3, 0.4) is 0 Å². The minimum Gasteiger partial charge on any atom is -0.378 e. The van der Waals surface area contributed by atoms with Gasteiger partial charge in [0.15, 0.2) is 11.6 Å². The molecule has 9 heteroatoms. The molecule has 0 atom stereocenters. The molecule has 2 N–H and O–H groups in total. The third-order valence-corrected chi connectivity index (χ3v) is 4.86. The van der Waals surface area contributed by atoms with Crippen LogP contribution < -0.4 is 10.6 Å². The fraction of sp³-hybridized carbons (Fsp3) is 0.130. The molecule has 2 heterocycles. The summed E-state index contributed by atoms with van der Waals surface area (Å²) in [5.41, 5.74) is 3.45. The van der Waals surface area contributed by atoms with Crippen LogP contribution in [0, 0.1) is 11.3 Å². The lowest BCUT2D eigenvalue weighted by molar-refractivity contribution is 0.0951. The number of hydrogen-bond acceptors (Lipinski definition) is 7. The quantitative estimate of drug-likeness (QED) is 0.468. The highest BCUT2D eigenvalue weighted by Crippen LogP contribution is 2.16. The van der Waals surface area contributed by atoms with E-state index in [-0.39, 0.29) is 5.91 Å². The molecule has 0 saturated carbocycles. The maximum absolute atomic E-state index is 12.6. The van der Waals surface area contributed by atoms with Crippen LogP contribution in [0.5, 0.6) is 0 Å². The van der Waals surface area contributed by atoms with Gasteiger partial charge in [-0.2, -0.15) is 5.26 Å². The van der Waals surface area contributed by atoms with Crippen LogP contribution in [0.25, 0.3) is 11.5 Å². The van der Waals surface area contributed by atoms with Crippen LogP contribution >= 0.6 is 0 Å². The van der Waals surface area contributed by atoms with Crippen molar-refractivity contribution in [3.63, 3.8) is 0 Å². The lowest BCUT2D eigenvalue weighted by atomic mass is 10.1. The molecule has 158 valence electrons. The minimum atomic E-state index is -0.194. The van der Waals surface area contributed by atoms with E-state index in [0.29, 0.717) is 35.7 Å². The van der Waals surface area contributed by atoms with Gasteiger partial charge in [-0.1, -0.05) is 18.2 Å². The molecule has 2 aromatic carbocycles. The molecule has 2 aromatic heterocycles. The highest BCUT2D eigenvalue weighted by molar-refractivity contribution is 5.95. The summed E-state index contributed by atoms with van der Waals surface area (Å²) in [5, 5.41) is 23.6. The fourth-order valence-corrected chi connectivity index (χ4v) is 3.15. The molecule has 32 heavy (non-hydrogen) atoms. The third kappa shape index (κ3) is 4.76. The Hall–Kier alpha value is -4.58. The van der Waals surface area contributed by atoms with Crippen molar-refractivity contribution in [3.8, 4) is 17.6 Å². The molecular weight excluding hydrogens is 404 g/mol. The Morgan fingerprint density at radius 2 is 1.97 bits per heavy atom. The Morgan fingerprint density at radius 3 is 2.78 bits per heavy atom. The summed E-state index contributed by atoms with van der Waals surface area (Å²) in [4.78, 5) is 20.7. The van der Waals surface area contributed by atoms with Gasteiger partial charge in [0.25, 0.3) is 5.91 Å². The van der Waals surface area contributed by atoms with Crippen molar-refractivity contribution < 1.29 is 4.79 Å². The van der Waals surface area contributed by atoms with E-state index < -0.39 is 0 Å². The van der Waals surface area contributed by atoms with Crippen molar-refractivity contribution in [2.24, 2.45) is 7.05 Å². The molecule has 0 aliphatic rings. The lowest BCUT2D eigenvalue weighted by Crippen LogP contribution is -2.22. The molecule has 4 aromatic rings. The number of aromatic nitrogens is 5. The van der Waals surface area contributed by atoms with E-state index in [9.17, 15) is 4.79 Å². The molecule has 9 nitrogen and oxygen atoms in total. The van der Waals surface area contributed by atoms with E-state index in [1.807, 2.05) is 29.8 Å². The van der Waals surface area contributed by atoms with Crippen molar-refractivity contribution in [1.82, 2.24) is 30.0 Å². The number of amides is 1. The van der Waals surface area contributed by atoms with Gasteiger partial charge in [-0.15, -0.1) is 10.2 Å². The molecule has 0 radical (unpaired) electrons. The molecule has 0 aliphatic carbocycles. The predicted octanol–water partition coefficient (Wildman–Crippen LogP) is 2.69. The lowest BCUT2D eigenvalue weighted by Gasteiger charge is -2.09. The molecule has 0 spiro atoms. The largest absolute Gasteiger partial charge is 0.378 e. The summed E-state index contributed by atoms with van der Waals surface area (Å²) in [6.45, 7) is 0.775. The number of carbonyl (C=O) groups excluding carboxylic acids is 1. The van der Waals surface area contributed by atoms with Gasteiger partial charge in [-0.3, -0.25) is 4.79 Å². The Kier molecular flexibility index (Phi) is 6.13. The zero-order valence-electron chi connectivity index (χ0n) is 17.4. The van der Waals surface area contributed by atoms with Crippen molar-refractivity contribution >= 4 is 11.6 Å². The SMILES string of the molecule is Cn1c(CNc2cccc(C(=O)NCc3cccc(C#N)c3)c2)nnc1-c1ccncn1. The van der Waals surface area contributed by atoms with Crippen molar-refractivity contribution in [2.45, 2.75) is 13.1 Å². The summed E-state index contributed by atoms with van der Waals surface area (Å²) >= 11 is 0. The number of nitrogens with one attached hydrogen (secondary N) is 2. The highest BCUT2D eigenvalue weighted by atomic mass is 16.1. The van der Waals surface area contributed by atoms with Gasteiger partial charge >= 0.3 is 0 Å². The van der Waals surface area contributed by atoms with Gasteiger partial charge < -0.3 is 15.2 Å². The standard InChI is InChI=1S/C23H20N8O/c1-31-21(29-30-22(31)20-8-9-25-15-28-20)14-26-19-7-3-6-18(11-19)23(32)27-13-17-5-2-4-16(10-17)12-24/h2-11,15,26H,13-14H2,1H3,(H,27,32). The van der Waals surface area contributed by atoms with Crippen LogP contribution in [0.2, 0.25) is 0 Å². The second-order valence-corrected chi connectivity index (χ2v) is 7.02. The van der Waals surface area contributed by atoms with E-state index >= 15 is 0 Å². The number of nitrogens with zero attached hydrogens (tertiary/aromatic N) is 6. The molecule has 0 fully saturated rings. The fourth-order valence-electron chi connectivity index (χ4n) is 3.15. The number of carbonyl (C=O) groups is 1. The average molecular weight is 424 g/mol. The Bertz CT molecular complexity index is 1280. The molecule has 4 rings (SSSR count). The molecule has 1 amide bonds.